The largest absolute Gasteiger partial charge is 0.388 e. The number of aliphatic hydroxyl groups is 1. The number of hydrogen-bond donors (Lipinski definition) is 1. The van der Waals surface area contributed by atoms with E-state index in [9.17, 15) is 10.4 Å². The highest BCUT2D eigenvalue weighted by molar-refractivity contribution is 5.13. The van der Waals surface area contributed by atoms with Gasteiger partial charge >= 0.3 is 0 Å². The van der Waals surface area contributed by atoms with Gasteiger partial charge in [0.05, 0.1) is 17.1 Å². The Bertz CT molecular complexity index is 291. The van der Waals surface area contributed by atoms with Crippen molar-refractivity contribution in [3.8, 4) is 6.07 Å². The lowest BCUT2D eigenvalue weighted by atomic mass is 9.58. The van der Waals surface area contributed by atoms with Crippen LogP contribution in [-0.2, 0) is 0 Å². The Morgan fingerprint density at radius 2 is 1.71 bits per heavy atom. The van der Waals surface area contributed by atoms with Crippen LogP contribution in [0.3, 0.4) is 0 Å². The third kappa shape index (κ3) is 2.22. The fourth-order valence-corrected chi connectivity index (χ4v) is 3.88. The first kappa shape index (κ1) is 12.9. The third-order valence-corrected chi connectivity index (χ3v) is 5.32. The Kier molecular flexibility index (Phi) is 3.78. The predicted molar refractivity (Wildman–Crippen MR) is 68.3 cm³/mol. The molecule has 17 heavy (non-hydrogen) atoms. The van der Waals surface area contributed by atoms with Gasteiger partial charge in [-0.15, -0.1) is 0 Å². The van der Waals surface area contributed by atoms with Crippen molar-refractivity contribution in [3.63, 3.8) is 0 Å². The summed E-state index contributed by atoms with van der Waals surface area (Å²) in [6, 6.07) is 2.52. The Hall–Kier alpha value is -0.550. The van der Waals surface area contributed by atoms with Gasteiger partial charge in [0.2, 0.25) is 0 Å². The first-order valence-corrected chi connectivity index (χ1v) is 7.29. The first-order valence-electron chi connectivity index (χ1n) is 7.29. The molecule has 0 aromatic carbocycles. The smallest absolute Gasteiger partial charge is 0.0860 e. The van der Waals surface area contributed by atoms with E-state index in [0.29, 0.717) is 0 Å². The van der Waals surface area contributed by atoms with Gasteiger partial charge in [-0.05, 0) is 44.4 Å². The number of hydrogen-bond acceptors (Lipinski definition) is 2. The van der Waals surface area contributed by atoms with E-state index in [-0.39, 0.29) is 0 Å². The van der Waals surface area contributed by atoms with Crippen LogP contribution >= 0.6 is 0 Å². The van der Waals surface area contributed by atoms with Gasteiger partial charge in [-0.25, -0.2) is 0 Å². The maximum atomic E-state index is 10.9. The molecule has 2 rings (SSSR count). The zero-order chi connectivity index (χ0) is 12.4. The second-order valence-electron chi connectivity index (χ2n) is 6.14. The van der Waals surface area contributed by atoms with E-state index in [4.69, 9.17) is 0 Å². The minimum atomic E-state index is -0.682. The van der Waals surface area contributed by atoms with Crippen LogP contribution in [0.5, 0.6) is 0 Å². The summed E-state index contributed by atoms with van der Waals surface area (Å²) < 4.78 is 0. The van der Waals surface area contributed by atoms with Gasteiger partial charge in [0.25, 0.3) is 0 Å². The molecule has 0 heterocycles. The second kappa shape index (κ2) is 4.98. The summed E-state index contributed by atoms with van der Waals surface area (Å²) in [5.41, 5.74) is -1.11. The van der Waals surface area contributed by atoms with Crippen LogP contribution in [0.15, 0.2) is 0 Å². The number of nitriles is 1. The molecular weight excluding hydrogens is 210 g/mol. The number of rotatable bonds is 2. The molecule has 1 N–H and O–H groups in total. The van der Waals surface area contributed by atoms with Crippen molar-refractivity contribution < 1.29 is 5.11 Å². The average molecular weight is 235 g/mol. The predicted octanol–water partition coefficient (Wildman–Crippen LogP) is 3.79. The van der Waals surface area contributed by atoms with Crippen molar-refractivity contribution in [1.82, 2.24) is 0 Å². The quantitative estimate of drug-likeness (QED) is 0.791. The van der Waals surface area contributed by atoms with Crippen LogP contribution in [-0.4, -0.2) is 10.7 Å². The fraction of sp³-hybridized carbons (Fsp3) is 0.933. The molecule has 2 fully saturated rings. The molecular formula is C15H25NO. The van der Waals surface area contributed by atoms with Crippen molar-refractivity contribution >= 4 is 0 Å². The molecule has 0 radical (unpaired) electrons. The minimum absolute atomic E-state index is 0.431. The van der Waals surface area contributed by atoms with Gasteiger partial charge in [-0.1, -0.05) is 32.6 Å². The SMILES string of the molecule is CCC1CCC(C#N)(C2(O)CCCCC2)CC1. The van der Waals surface area contributed by atoms with Crippen molar-refractivity contribution in [2.24, 2.45) is 11.3 Å². The summed E-state index contributed by atoms with van der Waals surface area (Å²) in [5.74, 6) is 0.781. The summed E-state index contributed by atoms with van der Waals surface area (Å²) in [4.78, 5) is 0. The van der Waals surface area contributed by atoms with Crippen molar-refractivity contribution in [2.75, 3.05) is 0 Å². The second-order valence-corrected chi connectivity index (χ2v) is 6.14. The molecule has 0 aromatic heterocycles. The van der Waals surface area contributed by atoms with E-state index in [2.05, 4.69) is 13.0 Å². The maximum Gasteiger partial charge on any atom is 0.0860 e. The molecule has 0 saturated heterocycles. The van der Waals surface area contributed by atoms with E-state index in [1.165, 1.54) is 12.8 Å². The van der Waals surface area contributed by atoms with E-state index < -0.39 is 11.0 Å². The Balaban J connectivity index is 2.12. The minimum Gasteiger partial charge on any atom is -0.388 e. The van der Waals surface area contributed by atoms with Crippen LogP contribution in [0.25, 0.3) is 0 Å². The zero-order valence-corrected chi connectivity index (χ0v) is 11.0. The molecule has 96 valence electrons. The lowest BCUT2D eigenvalue weighted by Gasteiger charge is -2.48. The topological polar surface area (TPSA) is 44.0 Å². The van der Waals surface area contributed by atoms with Crippen LogP contribution in [0.1, 0.15) is 71.1 Å². The van der Waals surface area contributed by atoms with Crippen LogP contribution in [0.2, 0.25) is 0 Å². The molecule has 2 aliphatic carbocycles. The molecule has 2 heteroatoms. The standard InChI is InChI=1S/C15H25NO/c1-2-13-6-10-14(12-16,11-7-13)15(17)8-4-3-5-9-15/h13,17H,2-11H2,1H3. The van der Waals surface area contributed by atoms with E-state index in [1.54, 1.807) is 0 Å². The normalized spacial score (nSPS) is 37.4. The number of nitrogens with zero attached hydrogens (tertiary/aromatic N) is 1. The summed E-state index contributed by atoms with van der Waals surface area (Å²) in [6.07, 6.45) is 10.4. The summed E-state index contributed by atoms with van der Waals surface area (Å²) in [7, 11) is 0. The molecule has 2 nitrogen and oxygen atoms in total. The third-order valence-electron chi connectivity index (χ3n) is 5.32. The molecule has 0 spiro atoms. The van der Waals surface area contributed by atoms with Crippen LogP contribution < -0.4 is 0 Å². The molecule has 0 aromatic rings. The first-order chi connectivity index (χ1) is 8.16. The highest BCUT2D eigenvalue weighted by Gasteiger charge is 2.52. The van der Waals surface area contributed by atoms with Gasteiger partial charge in [-0.3, -0.25) is 0 Å². The van der Waals surface area contributed by atoms with E-state index >= 15 is 0 Å². The average Bonchev–Trinajstić information content (AvgIpc) is 2.39. The molecule has 0 bridgehead atoms. The van der Waals surface area contributed by atoms with Crippen molar-refractivity contribution in [2.45, 2.75) is 76.7 Å². The van der Waals surface area contributed by atoms with Gasteiger partial charge in [0, 0.05) is 0 Å². The molecule has 2 saturated carbocycles. The lowest BCUT2D eigenvalue weighted by Crippen LogP contribution is -2.50. The van der Waals surface area contributed by atoms with Gasteiger partial charge < -0.3 is 5.11 Å². The Morgan fingerprint density at radius 1 is 1.12 bits per heavy atom. The fourth-order valence-electron chi connectivity index (χ4n) is 3.88. The summed E-state index contributed by atoms with van der Waals surface area (Å²) in [5, 5.41) is 20.5. The molecule has 0 amide bonds. The van der Waals surface area contributed by atoms with Gasteiger partial charge in [-0.2, -0.15) is 5.26 Å². The maximum absolute atomic E-state index is 10.9. The Morgan fingerprint density at radius 3 is 2.18 bits per heavy atom. The Labute approximate surface area is 105 Å². The van der Waals surface area contributed by atoms with E-state index in [0.717, 1.165) is 57.3 Å². The lowest BCUT2D eigenvalue weighted by molar-refractivity contribution is -0.102. The van der Waals surface area contributed by atoms with E-state index in [1.807, 2.05) is 0 Å². The summed E-state index contributed by atoms with van der Waals surface area (Å²) in [6.45, 7) is 2.24. The van der Waals surface area contributed by atoms with Crippen LogP contribution in [0.4, 0.5) is 0 Å². The molecule has 0 unspecified atom stereocenters. The van der Waals surface area contributed by atoms with Crippen molar-refractivity contribution in [1.29, 1.82) is 5.26 Å². The van der Waals surface area contributed by atoms with Gasteiger partial charge in [0.15, 0.2) is 0 Å². The highest BCUT2D eigenvalue weighted by atomic mass is 16.3. The van der Waals surface area contributed by atoms with Gasteiger partial charge in [0.1, 0.15) is 0 Å². The molecule has 0 atom stereocenters. The molecule has 2 aliphatic rings. The highest BCUT2D eigenvalue weighted by Crippen LogP contribution is 2.51. The molecule has 0 aliphatic heterocycles. The summed E-state index contributed by atoms with van der Waals surface area (Å²) >= 11 is 0. The zero-order valence-electron chi connectivity index (χ0n) is 11.0. The van der Waals surface area contributed by atoms with Crippen LogP contribution in [0, 0.1) is 22.7 Å². The monoisotopic (exact) mass is 235 g/mol. The van der Waals surface area contributed by atoms with Crippen molar-refractivity contribution in [3.05, 3.63) is 0 Å².